The normalized spacial score (nSPS) is 14.1. The van der Waals surface area contributed by atoms with E-state index in [0.29, 0.717) is 6.42 Å². The summed E-state index contributed by atoms with van der Waals surface area (Å²) in [4.78, 5) is 11.7. The van der Waals surface area contributed by atoms with Crippen molar-refractivity contribution in [3.8, 4) is 0 Å². The minimum Gasteiger partial charge on any atom is -0.370 e. The van der Waals surface area contributed by atoms with Crippen LogP contribution in [0.15, 0.2) is 28.7 Å². The summed E-state index contributed by atoms with van der Waals surface area (Å²) in [5.74, 6) is -0.294. The molecule has 1 rings (SSSR count). The Bertz CT molecular complexity index is 395. The third kappa shape index (κ3) is 3.22. The highest BCUT2D eigenvalue weighted by Crippen LogP contribution is 2.28. The molecule has 0 aliphatic carbocycles. The molecule has 1 atom stereocenters. The van der Waals surface area contributed by atoms with Crippen LogP contribution >= 0.6 is 15.9 Å². The summed E-state index contributed by atoms with van der Waals surface area (Å²) in [5, 5.41) is 3.29. The van der Waals surface area contributed by atoms with Crippen LogP contribution in [0.1, 0.15) is 33.1 Å². The largest absolute Gasteiger partial charge is 0.370 e. The highest BCUT2D eigenvalue weighted by atomic mass is 79.9. The molecule has 0 fully saturated rings. The molecule has 0 aliphatic rings. The number of hydrogen-bond donors (Lipinski definition) is 2. The fourth-order valence-corrected chi connectivity index (χ4v) is 2.32. The van der Waals surface area contributed by atoms with Crippen molar-refractivity contribution in [1.82, 2.24) is 0 Å². The number of anilines is 1. The van der Waals surface area contributed by atoms with Crippen LogP contribution in [-0.2, 0) is 4.79 Å². The van der Waals surface area contributed by atoms with Gasteiger partial charge >= 0.3 is 0 Å². The van der Waals surface area contributed by atoms with Crippen molar-refractivity contribution >= 4 is 27.5 Å². The van der Waals surface area contributed by atoms with Gasteiger partial charge in [0.15, 0.2) is 0 Å². The van der Waals surface area contributed by atoms with E-state index in [1.54, 1.807) is 0 Å². The Hall–Kier alpha value is -1.03. The van der Waals surface area contributed by atoms with E-state index in [9.17, 15) is 4.79 Å². The first-order chi connectivity index (χ1) is 8.05. The van der Waals surface area contributed by atoms with Crippen molar-refractivity contribution in [1.29, 1.82) is 0 Å². The van der Waals surface area contributed by atoms with Crippen molar-refractivity contribution < 1.29 is 4.79 Å². The van der Waals surface area contributed by atoms with E-state index in [0.717, 1.165) is 23.0 Å². The summed E-state index contributed by atoms with van der Waals surface area (Å²) in [5.41, 5.74) is 5.80. The molecule has 0 bridgehead atoms. The Balaban J connectivity index is 3.01. The van der Waals surface area contributed by atoms with E-state index in [1.165, 1.54) is 0 Å². The minimum atomic E-state index is -0.654. The SMILES string of the molecule is CCCC(CC)(Nc1ccccc1Br)C(N)=O. The number of para-hydroxylation sites is 1. The van der Waals surface area contributed by atoms with E-state index in [1.807, 2.05) is 31.2 Å². The molecule has 3 nitrogen and oxygen atoms in total. The molecule has 0 saturated carbocycles. The lowest BCUT2D eigenvalue weighted by Gasteiger charge is -2.31. The van der Waals surface area contributed by atoms with E-state index in [4.69, 9.17) is 5.73 Å². The van der Waals surface area contributed by atoms with Gasteiger partial charge in [-0.15, -0.1) is 0 Å². The molecule has 1 aromatic rings. The van der Waals surface area contributed by atoms with Crippen LogP contribution in [0.4, 0.5) is 5.69 Å². The van der Waals surface area contributed by atoms with Gasteiger partial charge in [-0.25, -0.2) is 0 Å². The third-order valence-electron chi connectivity index (χ3n) is 3.00. The molecule has 94 valence electrons. The summed E-state index contributed by atoms with van der Waals surface area (Å²) >= 11 is 3.46. The van der Waals surface area contributed by atoms with Crippen LogP contribution in [0.5, 0.6) is 0 Å². The van der Waals surface area contributed by atoms with E-state index < -0.39 is 5.54 Å². The number of carbonyl (C=O) groups is 1. The van der Waals surface area contributed by atoms with E-state index >= 15 is 0 Å². The van der Waals surface area contributed by atoms with Crippen LogP contribution in [0, 0.1) is 0 Å². The third-order valence-corrected chi connectivity index (χ3v) is 3.69. The zero-order valence-electron chi connectivity index (χ0n) is 10.3. The van der Waals surface area contributed by atoms with Gasteiger partial charge in [-0.2, -0.15) is 0 Å². The van der Waals surface area contributed by atoms with Gasteiger partial charge in [-0.05, 0) is 40.9 Å². The Morgan fingerprint density at radius 2 is 2.06 bits per heavy atom. The predicted molar refractivity (Wildman–Crippen MR) is 74.9 cm³/mol. The molecule has 0 saturated heterocycles. The molecule has 3 N–H and O–H groups in total. The standard InChI is InChI=1S/C13H19BrN2O/c1-3-9-13(4-2,12(15)17)16-11-8-6-5-7-10(11)14/h5-8,16H,3-4,9H2,1-2H3,(H2,15,17). The summed E-state index contributed by atoms with van der Waals surface area (Å²) in [6.07, 6.45) is 2.33. The molecular formula is C13H19BrN2O. The van der Waals surface area contributed by atoms with Crippen molar-refractivity contribution in [2.75, 3.05) is 5.32 Å². The van der Waals surface area contributed by atoms with Crippen LogP contribution < -0.4 is 11.1 Å². The second-order valence-electron chi connectivity index (χ2n) is 4.15. The summed E-state index contributed by atoms with van der Waals surface area (Å²) < 4.78 is 0.940. The Kier molecular flexibility index (Phi) is 5.00. The summed E-state index contributed by atoms with van der Waals surface area (Å²) in [7, 11) is 0. The number of primary amides is 1. The van der Waals surface area contributed by atoms with E-state index in [-0.39, 0.29) is 5.91 Å². The molecule has 0 radical (unpaired) electrons. The molecular weight excluding hydrogens is 280 g/mol. The molecule has 0 aliphatic heterocycles. The highest BCUT2D eigenvalue weighted by molar-refractivity contribution is 9.10. The van der Waals surface area contributed by atoms with Crippen molar-refractivity contribution in [2.45, 2.75) is 38.6 Å². The maximum absolute atomic E-state index is 11.7. The number of amides is 1. The molecule has 0 heterocycles. The number of hydrogen-bond acceptors (Lipinski definition) is 2. The molecule has 1 aromatic carbocycles. The Morgan fingerprint density at radius 3 is 2.53 bits per heavy atom. The Labute approximate surface area is 111 Å². The fourth-order valence-electron chi connectivity index (χ4n) is 1.93. The van der Waals surface area contributed by atoms with E-state index in [2.05, 4.69) is 28.2 Å². The molecule has 1 amide bonds. The average Bonchev–Trinajstić information content (AvgIpc) is 2.31. The van der Waals surface area contributed by atoms with Gasteiger partial charge in [-0.3, -0.25) is 4.79 Å². The minimum absolute atomic E-state index is 0.294. The lowest BCUT2D eigenvalue weighted by molar-refractivity contribution is -0.122. The van der Waals surface area contributed by atoms with Gasteiger partial charge in [0.25, 0.3) is 0 Å². The lowest BCUT2D eigenvalue weighted by atomic mass is 9.89. The maximum Gasteiger partial charge on any atom is 0.243 e. The first-order valence-electron chi connectivity index (χ1n) is 5.88. The smallest absolute Gasteiger partial charge is 0.243 e. The molecule has 0 spiro atoms. The Morgan fingerprint density at radius 1 is 1.41 bits per heavy atom. The number of nitrogens with two attached hydrogens (primary N) is 1. The first kappa shape index (κ1) is 14.0. The molecule has 17 heavy (non-hydrogen) atoms. The summed E-state index contributed by atoms with van der Waals surface area (Å²) in [6, 6.07) is 7.75. The zero-order chi connectivity index (χ0) is 12.9. The zero-order valence-corrected chi connectivity index (χ0v) is 11.9. The first-order valence-corrected chi connectivity index (χ1v) is 6.67. The molecule has 0 aromatic heterocycles. The second kappa shape index (κ2) is 6.05. The molecule has 4 heteroatoms. The number of nitrogens with one attached hydrogen (secondary N) is 1. The van der Waals surface area contributed by atoms with Crippen molar-refractivity contribution in [2.24, 2.45) is 5.73 Å². The molecule has 1 unspecified atom stereocenters. The van der Waals surface area contributed by atoms with Gasteiger partial charge in [0, 0.05) is 10.2 Å². The lowest BCUT2D eigenvalue weighted by Crippen LogP contribution is -2.50. The quantitative estimate of drug-likeness (QED) is 0.847. The second-order valence-corrected chi connectivity index (χ2v) is 5.01. The number of carbonyl (C=O) groups excluding carboxylic acids is 1. The topological polar surface area (TPSA) is 55.1 Å². The number of rotatable bonds is 6. The fraction of sp³-hybridized carbons (Fsp3) is 0.462. The average molecular weight is 299 g/mol. The van der Waals surface area contributed by atoms with Gasteiger partial charge in [0.2, 0.25) is 5.91 Å². The van der Waals surface area contributed by atoms with Gasteiger partial charge in [0.05, 0.1) is 0 Å². The number of benzene rings is 1. The maximum atomic E-state index is 11.7. The van der Waals surface area contributed by atoms with Crippen LogP contribution in [-0.4, -0.2) is 11.4 Å². The number of halogens is 1. The van der Waals surface area contributed by atoms with Crippen molar-refractivity contribution in [3.63, 3.8) is 0 Å². The predicted octanol–water partition coefficient (Wildman–Crippen LogP) is 3.30. The highest BCUT2D eigenvalue weighted by Gasteiger charge is 2.33. The van der Waals surface area contributed by atoms with Gasteiger partial charge in [-0.1, -0.05) is 32.4 Å². The van der Waals surface area contributed by atoms with Crippen LogP contribution in [0.2, 0.25) is 0 Å². The van der Waals surface area contributed by atoms with Crippen LogP contribution in [0.3, 0.4) is 0 Å². The van der Waals surface area contributed by atoms with Gasteiger partial charge < -0.3 is 11.1 Å². The monoisotopic (exact) mass is 298 g/mol. The summed E-state index contributed by atoms with van der Waals surface area (Å²) in [6.45, 7) is 4.03. The van der Waals surface area contributed by atoms with Crippen molar-refractivity contribution in [3.05, 3.63) is 28.7 Å². The van der Waals surface area contributed by atoms with Crippen LogP contribution in [0.25, 0.3) is 0 Å². The van der Waals surface area contributed by atoms with Gasteiger partial charge in [0.1, 0.15) is 5.54 Å².